The Morgan fingerprint density at radius 2 is 1.64 bits per heavy atom. The third kappa shape index (κ3) is 1.64. The molecule has 0 saturated heterocycles. The van der Waals surface area contributed by atoms with Crippen molar-refractivity contribution in [3.05, 3.63) is 48.5 Å². The summed E-state index contributed by atoms with van der Waals surface area (Å²) < 4.78 is 0. The lowest BCUT2D eigenvalue weighted by Crippen LogP contribution is -2.03. The van der Waals surface area contributed by atoms with E-state index < -0.39 is 0 Å². The van der Waals surface area contributed by atoms with Crippen LogP contribution in [0.3, 0.4) is 0 Å². The van der Waals surface area contributed by atoms with Gasteiger partial charge in [-0.25, -0.2) is 0 Å². The first kappa shape index (κ1) is 8.88. The zero-order chi connectivity index (χ0) is 9.97. The summed E-state index contributed by atoms with van der Waals surface area (Å²) in [5.41, 5.74) is 9.44. The molecule has 0 heterocycles. The van der Waals surface area contributed by atoms with E-state index in [1.165, 1.54) is 0 Å². The second kappa shape index (κ2) is 3.58. The summed E-state index contributed by atoms with van der Waals surface area (Å²) in [7, 11) is 5.71. The maximum absolute atomic E-state index is 5.87. The molecule has 66 valence electrons. The van der Waals surface area contributed by atoms with Crippen molar-refractivity contribution in [2.75, 3.05) is 5.73 Å². The van der Waals surface area contributed by atoms with Gasteiger partial charge < -0.3 is 5.73 Å². The largest absolute Gasteiger partial charge is 0.398 e. The minimum atomic E-state index is 0.734. The average molecular weight is 179 g/mol. The maximum Gasteiger partial charge on any atom is 0.113 e. The van der Waals surface area contributed by atoms with Crippen molar-refractivity contribution in [2.24, 2.45) is 0 Å². The molecule has 0 spiro atoms. The van der Waals surface area contributed by atoms with E-state index in [0.29, 0.717) is 0 Å². The van der Waals surface area contributed by atoms with Crippen LogP contribution in [0.25, 0.3) is 11.1 Å². The molecule has 14 heavy (non-hydrogen) atoms. The number of hydrogen-bond donors (Lipinski definition) is 1. The predicted octanol–water partition coefficient (Wildman–Crippen LogP) is 1.73. The first-order valence-corrected chi connectivity index (χ1v) is 4.48. The highest BCUT2D eigenvalue weighted by Gasteiger charge is 2.00. The molecule has 2 rings (SSSR count). The number of nitrogens with two attached hydrogens (primary N) is 1. The molecule has 0 aromatic heterocycles. The van der Waals surface area contributed by atoms with E-state index in [1.807, 2.05) is 48.5 Å². The Balaban J connectivity index is 2.57. The van der Waals surface area contributed by atoms with Crippen LogP contribution in [0.15, 0.2) is 48.5 Å². The molecule has 0 fully saturated rings. The first-order valence-electron chi connectivity index (χ1n) is 4.48. The molecular weight excluding hydrogens is 169 g/mol. The summed E-state index contributed by atoms with van der Waals surface area (Å²) in [6.07, 6.45) is 0. The van der Waals surface area contributed by atoms with Crippen molar-refractivity contribution in [3.8, 4) is 11.1 Å². The second-order valence-electron chi connectivity index (χ2n) is 3.21. The fraction of sp³-hybridized carbons (Fsp3) is 0. The molecule has 0 atom stereocenters. The third-order valence-corrected chi connectivity index (χ3v) is 2.16. The molecule has 0 bridgehead atoms. The Hall–Kier alpha value is -1.70. The lowest BCUT2D eigenvalue weighted by molar-refractivity contribution is 1.63. The Morgan fingerprint density at radius 1 is 0.929 bits per heavy atom. The monoisotopic (exact) mass is 179 g/mol. The smallest absolute Gasteiger partial charge is 0.113 e. The first-order chi connectivity index (χ1) is 6.77. The van der Waals surface area contributed by atoms with Crippen molar-refractivity contribution in [2.45, 2.75) is 0 Å². The highest BCUT2D eigenvalue weighted by atomic mass is 14.6. The Morgan fingerprint density at radius 3 is 2.36 bits per heavy atom. The molecule has 0 saturated carbocycles. The van der Waals surface area contributed by atoms with Crippen molar-refractivity contribution < 1.29 is 0 Å². The molecule has 0 aliphatic rings. The van der Waals surface area contributed by atoms with E-state index in [9.17, 15) is 0 Å². The number of hydrogen-bond acceptors (Lipinski definition) is 1. The normalized spacial score (nSPS) is 10.0. The van der Waals surface area contributed by atoms with Gasteiger partial charge in [-0.1, -0.05) is 47.9 Å². The Kier molecular flexibility index (Phi) is 2.27. The maximum atomic E-state index is 5.87. The summed E-state index contributed by atoms with van der Waals surface area (Å²) in [6, 6.07) is 15.5. The van der Waals surface area contributed by atoms with Gasteiger partial charge in [0.05, 0.1) is 0 Å². The summed E-state index contributed by atoms with van der Waals surface area (Å²) in [4.78, 5) is 0. The molecule has 2 radical (unpaired) electrons. The molecule has 0 unspecified atom stereocenters. The Bertz CT molecular complexity index is 437. The van der Waals surface area contributed by atoms with Crippen LogP contribution in [-0.4, -0.2) is 7.85 Å². The molecule has 2 N–H and O–H groups in total. The molecular formula is C12H10BN. The van der Waals surface area contributed by atoms with Crippen LogP contribution in [-0.2, 0) is 0 Å². The number of anilines is 1. The lowest BCUT2D eigenvalue weighted by atomic mass is 9.91. The minimum Gasteiger partial charge on any atom is -0.398 e. The van der Waals surface area contributed by atoms with Gasteiger partial charge in [-0.3, -0.25) is 0 Å². The summed E-state index contributed by atoms with van der Waals surface area (Å²) in [6.45, 7) is 0. The topological polar surface area (TPSA) is 26.0 Å². The van der Waals surface area contributed by atoms with E-state index in [4.69, 9.17) is 13.6 Å². The molecule has 2 aromatic rings. The van der Waals surface area contributed by atoms with Crippen LogP contribution in [0, 0.1) is 0 Å². The van der Waals surface area contributed by atoms with E-state index in [1.54, 1.807) is 0 Å². The standard InChI is InChI=1S/C12H10BN/c13-10-6-7-12(14)11(8-10)9-4-2-1-3-5-9/h1-8H,14H2. The highest BCUT2D eigenvalue weighted by Crippen LogP contribution is 2.23. The lowest BCUT2D eigenvalue weighted by Gasteiger charge is -2.06. The van der Waals surface area contributed by atoms with Gasteiger partial charge in [0.15, 0.2) is 0 Å². The van der Waals surface area contributed by atoms with Gasteiger partial charge in [0.2, 0.25) is 0 Å². The number of rotatable bonds is 1. The van der Waals surface area contributed by atoms with Crippen LogP contribution in [0.1, 0.15) is 0 Å². The van der Waals surface area contributed by atoms with Gasteiger partial charge in [-0.15, -0.1) is 0 Å². The average Bonchev–Trinajstić information content (AvgIpc) is 2.23. The molecule has 2 heteroatoms. The fourth-order valence-corrected chi connectivity index (χ4v) is 1.44. The van der Waals surface area contributed by atoms with E-state index in [-0.39, 0.29) is 0 Å². The number of nitrogen functional groups attached to an aromatic ring is 1. The molecule has 0 amide bonds. The number of benzene rings is 2. The van der Waals surface area contributed by atoms with Crippen LogP contribution in [0.2, 0.25) is 0 Å². The van der Waals surface area contributed by atoms with Crippen molar-refractivity contribution in [1.82, 2.24) is 0 Å². The molecule has 0 aliphatic heterocycles. The predicted molar refractivity (Wildman–Crippen MR) is 61.7 cm³/mol. The molecule has 2 aromatic carbocycles. The van der Waals surface area contributed by atoms with E-state index in [2.05, 4.69) is 0 Å². The Labute approximate surface area is 85.0 Å². The van der Waals surface area contributed by atoms with Crippen LogP contribution < -0.4 is 11.2 Å². The van der Waals surface area contributed by atoms with Gasteiger partial charge >= 0.3 is 0 Å². The van der Waals surface area contributed by atoms with Crippen LogP contribution in [0.5, 0.6) is 0 Å². The van der Waals surface area contributed by atoms with Gasteiger partial charge in [-0.2, -0.15) is 0 Å². The zero-order valence-corrected chi connectivity index (χ0v) is 7.77. The van der Waals surface area contributed by atoms with Crippen LogP contribution >= 0.6 is 0 Å². The SMILES string of the molecule is [B]c1ccc(N)c(-c2ccccc2)c1. The van der Waals surface area contributed by atoms with Crippen molar-refractivity contribution in [3.63, 3.8) is 0 Å². The fourth-order valence-electron chi connectivity index (χ4n) is 1.44. The molecule has 0 aliphatic carbocycles. The highest BCUT2D eigenvalue weighted by molar-refractivity contribution is 6.32. The van der Waals surface area contributed by atoms with Crippen LogP contribution in [0.4, 0.5) is 5.69 Å². The summed E-state index contributed by atoms with van der Waals surface area (Å²) >= 11 is 0. The summed E-state index contributed by atoms with van der Waals surface area (Å²) in [5.74, 6) is 0. The van der Waals surface area contributed by atoms with Crippen molar-refractivity contribution >= 4 is 19.0 Å². The minimum absolute atomic E-state index is 0.734. The van der Waals surface area contributed by atoms with Gasteiger partial charge in [0.25, 0.3) is 0 Å². The summed E-state index contributed by atoms with van der Waals surface area (Å²) in [5, 5.41) is 0. The van der Waals surface area contributed by atoms with Crippen molar-refractivity contribution in [1.29, 1.82) is 0 Å². The van der Waals surface area contributed by atoms with Gasteiger partial charge in [-0.05, 0) is 11.6 Å². The second-order valence-corrected chi connectivity index (χ2v) is 3.21. The zero-order valence-electron chi connectivity index (χ0n) is 7.77. The van der Waals surface area contributed by atoms with Gasteiger partial charge in [0.1, 0.15) is 7.85 Å². The van der Waals surface area contributed by atoms with E-state index in [0.717, 1.165) is 22.3 Å². The van der Waals surface area contributed by atoms with Gasteiger partial charge in [0, 0.05) is 11.3 Å². The molecule has 1 nitrogen and oxygen atoms in total. The quantitative estimate of drug-likeness (QED) is 0.523. The third-order valence-electron chi connectivity index (χ3n) is 2.16. The van der Waals surface area contributed by atoms with E-state index >= 15 is 0 Å².